The van der Waals surface area contributed by atoms with Gasteiger partial charge in [-0.1, -0.05) is 20.4 Å². The molecule has 0 N–H and O–H groups in total. The van der Waals surface area contributed by atoms with Crippen molar-refractivity contribution < 1.29 is 9.59 Å². The van der Waals surface area contributed by atoms with Crippen LogP contribution < -0.4 is 0 Å². The Morgan fingerprint density at radius 3 is 2.42 bits per heavy atom. The van der Waals surface area contributed by atoms with Crippen molar-refractivity contribution in [2.45, 2.75) is 26.7 Å². The van der Waals surface area contributed by atoms with Gasteiger partial charge in [0.1, 0.15) is 0 Å². The number of hydrogen-bond donors (Lipinski definition) is 0. The van der Waals surface area contributed by atoms with Gasteiger partial charge in [0.2, 0.25) is 11.8 Å². The third-order valence-electron chi connectivity index (χ3n) is 1.91. The van der Waals surface area contributed by atoms with Crippen LogP contribution in [0.2, 0.25) is 0 Å². The topological polar surface area (TPSA) is 37.4 Å². The summed E-state index contributed by atoms with van der Waals surface area (Å²) in [7, 11) is 0. The fraction of sp³-hybridized carbons (Fsp3) is 0.556. The maximum absolute atomic E-state index is 11.4. The minimum absolute atomic E-state index is 0.112. The number of rotatable bonds is 1. The number of carbonyl (C=O) groups is 2. The van der Waals surface area contributed by atoms with E-state index in [1.807, 2.05) is 0 Å². The third-order valence-corrected chi connectivity index (χ3v) is 1.91. The minimum atomic E-state index is -0.137. The summed E-state index contributed by atoms with van der Waals surface area (Å²) in [5.41, 5.74) is 0.638. The van der Waals surface area contributed by atoms with Crippen LogP contribution in [-0.4, -0.2) is 16.7 Å². The summed E-state index contributed by atoms with van der Waals surface area (Å²) in [6, 6.07) is 0. The highest BCUT2D eigenvalue weighted by atomic mass is 16.2. The molecule has 0 aromatic heterocycles. The lowest BCUT2D eigenvalue weighted by atomic mass is 10.2. The van der Waals surface area contributed by atoms with E-state index in [-0.39, 0.29) is 17.7 Å². The van der Waals surface area contributed by atoms with Crippen molar-refractivity contribution >= 4 is 11.8 Å². The van der Waals surface area contributed by atoms with E-state index in [1.165, 1.54) is 4.90 Å². The molecule has 66 valence electrons. The van der Waals surface area contributed by atoms with E-state index >= 15 is 0 Å². The van der Waals surface area contributed by atoms with Gasteiger partial charge in [0, 0.05) is 18.0 Å². The van der Waals surface area contributed by atoms with Gasteiger partial charge in [-0.2, -0.15) is 0 Å². The zero-order valence-electron chi connectivity index (χ0n) is 7.46. The summed E-state index contributed by atoms with van der Waals surface area (Å²) in [4.78, 5) is 23.8. The van der Waals surface area contributed by atoms with E-state index in [4.69, 9.17) is 0 Å². The average molecular weight is 167 g/mol. The van der Waals surface area contributed by atoms with Crippen LogP contribution in [0.5, 0.6) is 0 Å². The maximum Gasteiger partial charge on any atom is 0.236 e. The highest BCUT2D eigenvalue weighted by Gasteiger charge is 2.30. The molecule has 1 rings (SSSR count). The summed E-state index contributed by atoms with van der Waals surface area (Å²) >= 11 is 0. The van der Waals surface area contributed by atoms with Crippen molar-refractivity contribution in [3.8, 4) is 0 Å². The predicted molar refractivity (Wildman–Crippen MR) is 45.1 cm³/mol. The zero-order valence-corrected chi connectivity index (χ0v) is 7.46. The van der Waals surface area contributed by atoms with E-state index in [2.05, 4.69) is 6.58 Å². The molecule has 12 heavy (non-hydrogen) atoms. The van der Waals surface area contributed by atoms with Crippen LogP contribution in [0.1, 0.15) is 26.7 Å². The van der Waals surface area contributed by atoms with Gasteiger partial charge in [-0.25, -0.2) is 0 Å². The summed E-state index contributed by atoms with van der Waals surface area (Å²) in [6.45, 7) is 7.23. The third kappa shape index (κ3) is 1.40. The Hall–Kier alpha value is -1.12. The highest BCUT2D eigenvalue weighted by Crippen LogP contribution is 2.22. The second kappa shape index (κ2) is 3.09. The number of likely N-dealkylation sites (tertiary alicyclic amines) is 1. The van der Waals surface area contributed by atoms with E-state index in [1.54, 1.807) is 13.8 Å². The monoisotopic (exact) mass is 167 g/mol. The van der Waals surface area contributed by atoms with Gasteiger partial charge in [-0.05, 0) is 6.42 Å². The van der Waals surface area contributed by atoms with E-state index in [0.717, 1.165) is 0 Å². The van der Waals surface area contributed by atoms with Crippen LogP contribution in [0.3, 0.4) is 0 Å². The van der Waals surface area contributed by atoms with Crippen molar-refractivity contribution in [3.63, 3.8) is 0 Å². The van der Waals surface area contributed by atoms with Crippen LogP contribution in [0, 0.1) is 5.92 Å². The van der Waals surface area contributed by atoms with Crippen LogP contribution in [0.15, 0.2) is 12.3 Å². The van der Waals surface area contributed by atoms with Gasteiger partial charge >= 0.3 is 0 Å². The first kappa shape index (κ1) is 8.97. The van der Waals surface area contributed by atoms with E-state index < -0.39 is 0 Å². The fourth-order valence-electron chi connectivity index (χ4n) is 1.19. The largest absolute Gasteiger partial charge is 0.274 e. The zero-order chi connectivity index (χ0) is 9.30. The molecule has 1 aliphatic heterocycles. The first-order valence-electron chi connectivity index (χ1n) is 4.08. The minimum Gasteiger partial charge on any atom is -0.274 e. The maximum atomic E-state index is 11.4. The number of imide groups is 1. The van der Waals surface area contributed by atoms with Crippen LogP contribution in [0.4, 0.5) is 0 Å². The number of hydrogen-bond acceptors (Lipinski definition) is 2. The molecule has 0 aromatic rings. The van der Waals surface area contributed by atoms with Crippen molar-refractivity contribution in [2.75, 3.05) is 0 Å². The molecule has 1 heterocycles. The highest BCUT2D eigenvalue weighted by molar-refractivity contribution is 5.99. The molecule has 3 nitrogen and oxygen atoms in total. The predicted octanol–water partition coefficient (Wildman–Crippen LogP) is 1.31. The molecule has 0 atom stereocenters. The molecule has 0 unspecified atom stereocenters. The molecule has 0 saturated carbocycles. The first-order chi connectivity index (χ1) is 5.54. The lowest BCUT2D eigenvalue weighted by Gasteiger charge is -2.16. The SMILES string of the molecule is C=C1CCC(=O)N1C(=O)C(C)C. The molecule has 1 aliphatic rings. The number of nitrogens with zero attached hydrogens (tertiary/aromatic N) is 1. The second-order valence-corrected chi connectivity index (χ2v) is 3.29. The van der Waals surface area contributed by atoms with Crippen LogP contribution in [0.25, 0.3) is 0 Å². The normalized spacial score (nSPS) is 17.8. The fourth-order valence-corrected chi connectivity index (χ4v) is 1.19. The molecule has 0 bridgehead atoms. The number of amides is 2. The van der Waals surface area contributed by atoms with Crippen molar-refractivity contribution in [1.29, 1.82) is 0 Å². The molecule has 0 aliphatic carbocycles. The Kier molecular flexibility index (Phi) is 2.31. The molecule has 3 heteroatoms. The average Bonchev–Trinajstić information content (AvgIpc) is 2.30. The van der Waals surface area contributed by atoms with Crippen molar-refractivity contribution in [2.24, 2.45) is 5.92 Å². The molecular formula is C9H13NO2. The first-order valence-corrected chi connectivity index (χ1v) is 4.08. The van der Waals surface area contributed by atoms with Gasteiger partial charge in [0.15, 0.2) is 0 Å². The Bertz CT molecular complexity index is 227. The second-order valence-electron chi connectivity index (χ2n) is 3.29. The number of allylic oxidation sites excluding steroid dienone is 1. The van der Waals surface area contributed by atoms with Gasteiger partial charge in [0.05, 0.1) is 0 Å². The Balaban J connectivity index is 2.80. The lowest BCUT2D eigenvalue weighted by Crippen LogP contribution is -2.33. The molecule has 0 radical (unpaired) electrons. The Labute approximate surface area is 72.0 Å². The standard InChI is InChI=1S/C9H13NO2/c1-6(2)9(12)10-7(3)4-5-8(10)11/h6H,3-5H2,1-2H3. The van der Waals surface area contributed by atoms with Crippen LogP contribution in [-0.2, 0) is 9.59 Å². The van der Waals surface area contributed by atoms with Gasteiger partial charge in [-0.15, -0.1) is 0 Å². The van der Waals surface area contributed by atoms with Gasteiger partial charge < -0.3 is 0 Å². The van der Waals surface area contributed by atoms with Crippen molar-refractivity contribution in [3.05, 3.63) is 12.3 Å². The molecule has 1 fully saturated rings. The van der Waals surface area contributed by atoms with Crippen LogP contribution >= 0.6 is 0 Å². The van der Waals surface area contributed by atoms with E-state index in [9.17, 15) is 9.59 Å². The van der Waals surface area contributed by atoms with E-state index in [0.29, 0.717) is 18.5 Å². The summed E-state index contributed by atoms with van der Waals surface area (Å²) in [5, 5.41) is 0. The van der Waals surface area contributed by atoms with Gasteiger partial charge in [-0.3, -0.25) is 14.5 Å². The number of carbonyl (C=O) groups excluding carboxylic acids is 2. The summed E-state index contributed by atoms with van der Waals surface area (Å²) in [6.07, 6.45) is 1.05. The molecule has 2 amide bonds. The lowest BCUT2D eigenvalue weighted by molar-refractivity contribution is -0.142. The molecule has 0 spiro atoms. The molecule has 1 saturated heterocycles. The molecular weight excluding hydrogens is 154 g/mol. The summed E-state index contributed by atoms with van der Waals surface area (Å²) < 4.78 is 0. The van der Waals surface area contributed by atoms with Gasteiger partial charge in [0.25, 0.3) is 0 Å². The Morgan fingerprint density at radius 1 is 1.50 bits per heavy atom. The summed E-state index contributed by atoms with van der Waals surface area (Å²) in [5.74, 6) is -0.384. The quantitative estimate of drug-likeness (QED) is 0.590. The van der Waals surface area contributed by atoms with Crippen molar-refractivity contribution in [1.82, 2.24) is 4.90 Å². The molecule has 0 aromatic carbocycles. The smallest absolute Gasteiger partial charge is 0.236 e. The Morgan fingerprint density at radius 2 is 2.08 bits per heavy atom.